The van der Waals surface area contributed by atoms with Crippen LogP contribution in [0.2, 0.25) is 0 Å². The van der Waals surface area contributed by atoms with Gasteiger partial charge in [-0.2, -0.15) is 0 Å². The number of esters is 1. The summed E-state index contributed by atoms with van der Waals surface area (Å²) in [6, 6.07) is 10.4. The first-order valence-electron chi connectivity index (χ1n) is 8.96. The van der Waals surface area contributed by atoms with Gasteiger partial charge in [0.2, 0.25) is 10.0 Å². The largest absolute Gasteiger partial charge is 0.456 e. The Hall–Kier alpha value is -2.78. The zero-order valence-electron chi connectivity index (χ0n) is 16.8. The van der Waals surface area contributed by atoms with E-state index in [0.717, 1.165) is 11.6 Å². The number of carbonyl (C=O) groups is 1. The van der Waals surface area contributed by atoms with Crippen LogP contribution in [0.4, 0.5) is 5.69 Å². The van der Waals surface area contributed by atoms with Gasteiger partial charge in [0.15, 0.2) is 0 Å². The van der Waals surface area contributed by atoms with Crippen molar-refractivity contribution >= 4 is 21.7 Å². The lowest BCUT2D eigenvalue weighted by molar-refractivity contribution is -0.385. The highest BCUT2D eigenvalue weighted by molar-refractivity contribution is 7.89. The summed E-state index contributed by atoms with van der Waals surface area (Å²) in [7, 11) is -3.89. The molecule has 156 valence electrons. The Morgan fingerprint density at radius 3 is 2.31 bits per heavy atom. The van der Waals surface area contributed by atoms with Gasteiger partial charge in [-0.25, -0.2) is 17.9 Å². The number of carbonyl (C=O) groups excluding carboxylic acids is 1. The molecular formula is C20H24N2O6S. The molecule has 0 aliphatic heterocycles. The van der Waals surface area contributed by atoms with Gasteiger partial charge < -0.3 is 4.74 Å². The molecule has 2 aromatic carbocycles. The molecule has 2 aromatic rings. The average Bonchev–Trinajstić information content (AvgIpc) is 2.60. The molecule has 8 nitrogen and oxygen atoms in total. The van der Waals surface area contributed by atoms with E-state index in [2.05, 4.69) is 4.72 Å². The Bertz CT molecular complexity index is 1010. The maximum Gasteiger partial charge on any atom is 0.338 e. The third kappa shape index (κ3) is 6.37. The van der Waals surface area contributed by atoms with E-state index in [0.29, 0.717) is 17.5 Å². The van der Waals surface area contributed by atoms with Crippen molar-refractivity contribution < 1.29 is 22.9 Å². The summed E-state index contributed by atoms with van der Waals surface area (Å²) < 4.78 is 32.8. The Labute approximate surface area is 170 Å². The smallest absolute Gasteiger partial charge is 0.338 e. The predicted octanol–water partition coefficient (Wildman–Crippen LogP) is 3.38. The Morgan fingerprint density at radius 1 is 1.14 bits per heavy atom. The fourth-order valence-electron chi connectivity index (χ4n) is 2.54. The van der Waals surface area contributed by atoms with Crippen molar-refractivity contribution in [1.29, 1.82) is 0 Å². The minimum absolute atomic E-state index is 0.107. The number of ether oxygens (including phenoxy) is 1. The van der Waals surface area contributed by atoms with Crippen molar-refractivity contribution in [2.45, 2.75) is 44.6 Å². The minimum atomic E-state index is -3.89. The summed E-state index contributed by atoms with van der Waals surface area (Å²) >= 11 is 0. The zero-order chi connectivity index (χ0) is 21.8. The summed E-state index contributed by atoms with van der Waals surface area (Å²) in [6.07, 6.45) is 0.391. The zero-order valence-corrected chi connectivity index (χ0v) is 17.6. The summed E-state index contributed by atoms with van der Waals surface area (Å²) in [5, 5.41) is 10.9. The first-order valence-corrected chi connectivity index (χ1v) is 10.4. The average molecular weight is 420 g/mol. The number of hydrogen-bond acceptors (Lipinski definition) is 6. The van der Waals surface area contributed by atoms with E-state index < -0.39 is 26.5 Å². The number of aryl methyl sites for hydroxylation is 1. The number of rotatable bonds is 7. The van der Waals surface area contributed by atoms with Crippen LogP contribution in [-0.2, 0) is 21.2 Å². The van der Waals surface area contributed by atoms with Gasteiger partial charge in [-0.05, 0) is 57.4 Å². The van der Waals surface area contributed by atoms with Crippen LogP contribution >= 0.6 is 0 Å². The summed E-state index contributed by atoms with van der Waals surface area (Å²) in [5.41, 5.74) is 0.796. The van der Waals surface area contributed by atoms with Gasteiger partial charge >= 0.3 is 5.97 Å². The van der Waals surface area contributed by atoms with Gasteiger partial charge in [0, 0.05) is 18.7 Å². The summed E-state index contributed by atoms with van der Waals surface area (Å²) in [6.45, 7) is 7.04. The normalized spacial score (nSPS) is 11.9. The third-order valence-electron chi connectivity index (χ3n) is 3.97. The standard InChI is InChI=1S/C20H24N2O6S/c1-14-5-10-17(22(24)25)13-18(14)29(26,27)21-12-11-15-6-8-16(9-7-15)19(23)28-20(2,3)4/h5-10,13,21H,11-12H2,1-4H3. The number of nitro groups is 1. The number of sulfonamides is 1. The highest BCUT2D eigenvalue weighted by Crippen LogP contribution is 2.21. The van der Waals surface area contributed by atoms with E-state index in [1.54, 1.807) is 52.0 Å². The first-order chi connectivity index (χ1) is 13.4. The van der Waals surface area contributed by atoms with Gasteiger partial charge in [0.1, 0.15) is 5.60 Å². The topological polar surface area (TPSA) is 116 Å². The Morgan fingerprint density at radius 2 is 1.76 bits per heavy atom. The van der Waals surface area contributed by atoms with Gasteiger partial charge in [-0.15, -0.1) is 0 Å². The number of nitrogens with one attached hydrogen (secondary N) is 1. The van der Waals surface area contributed by atoms with Crippen LogP contribution < -0.4 is 4.72 Å². The molecule has 0 amide bonds. The molecule has 29 heavy (non-hydrogen) atoms. The van der Waals surface area contributed by atoms with E-state index in [-0.39, 0.29) is 17.1 Å². The van der Waals surface area contributed by atoms with E-state index in [1.165, 1.54) is 12.1 Å². The van der Waals surface area contributed by atoms with E-state index in [4.69, 9.17) is 4.74 Å². The van der Waals surface area contributed by atoms with E-state index >= 15 is 0 Å². The number of nitrogens with zero attached hydrogens (tertiary/aromatic N) is 1. The molecule has 0 unspecified atom stereocenters. The molecule has 0 radical (unpaired) electrons. The number of hydrogen-bond donors (Lipinski definition) is 1. The Balaban J connectivity index is 2.01. The minimum Gasteiger partial charge on any atom is -0.456 e. The van der Waals surface area contributed by atoms with Crippen LogP contribution in [0.1, 0.15) is 42.3 Å². The van der Waals surface area contributed by atoms with Crippen molar-refractivity contribution in [3.05, 3.63) is 69.3 Å². The molecule has 0 aromatic heterocycles. The van der Waals surface area contributed by atoms with Crippen molar-refractivity contribution in [3.63, 3.8) is 0 Å². The van der Waals surface area contributed by atoms with Crippen molar-refractivity contribution in [2.24, 2.45) is 0 Å². The second-order valence-electron chi connectivity index (χ2n) is 7.55. The molecule has 0 saturated heterocycles. The van der Waals surface area contributed by atoms with Gasteiger partial charge in [-0.3, -0.25) is 10.1 Å². The van der Waals surface area contributed by atoms with Crippen LogP contribution in [0.25, 0.3) is 0 Å². The second kappa shape index (κ2) is 8.71. The molecule has 2 rings (SSSR count). The number of nitro benzene ring substituents is 1. The molecule has 9 heteroatoms. The van der Waals surface area contributed by atoms with Crippen molar-refractivity contribution in [1.82, 2.24) is 4.72 Å². The lowest BCUT2D eigenvalue weighted by Crippen LogP contribution is -2.26. The van der Waals surface area contributed by atoms with Gasteiger partial charge in [0.05, 0.1) is 15.4 Å². The lowest BCUT2D eigenvalue weighted by atomic mass is 10.1. The van der Waals surface area contributed by atoms with Crippen LogP contribution in [-0.4, -0.2) is 31.5 Å². The molecule has 0 spiro atoms. The van der Waals surface area contributed by atoms with Crippen molar-refractivity contribution in [3.8, 4) is 0 Å². The monoisotopic (exact) mass is 420 g/mol. The molecule has 1 N–H and O–H groups in total. The molecule has 0 fully saturated rings. The lowest BCUT2D eigenvalue weighted by Gasteiger charge is -2.19. The fraction of sp³-hybridized carbons (Fsp3) is 0.350. The van der Waals surface area contributed by atoms with Crippen LogP contribution in [0.15, 0.2) is 47.4 Å². The highest BCUT2D eigenvalue weighted by Gasteiger charge is 2.20. The molecule has 0 saturated carbocycles. The van der Waals surface area contributed by atoms with Gasteiger partial charge in [-0.1, -0.05) is 18.2 Å². The summed E-state index contributed by atoms with van der Waals surface area (Å²) in [5.74, 6) is -0.425. The van der Waals surface area contributed by atoms with Gasteiger partial charge in [0.25, 0.3) is 5.69 Å². The first kappa shape index (κ1) is 22.5. The quantitative estimate of drug-likeness (QED) is 0.417. The van der Waals surface area contributed by atoms with E-state index in [1.807, 2.05) is 0 Å². The molecule has 0 atom stereocenters. The fourth-order valence-corrected chi connectivity index (χ4v) is 3.84. The summed E-state index contributed by atoms with van der Waals surface area (Å²) in [4.78, 5) is 22.2. The third-order valence-corrected chi connectivity index (χ3v) is 5.57. The number of non-ortho nitro benzene ring substituents is 1. The second-order valence-corrected chi connectivity index (χ2v) is 9.29. The maximum atomic E-state index is 12.5. The molecule has 0 heterocycles. The van der Waals surface area contributed by atoms with Crippen LogP contribution in [0, 0.1) is 17.0 Å². The highest BCUT2D eigenvalue weighted by atomic mass is 32.2. The number of benzene rings is 2. The Kier molecular flexibility index (Phi) is 6.76. The van der Waals surface area contributed by atoms with Crippen LogP contribution in [0.5, 0.6) is 0 Å². The van der Waals surface area contributed by atoms with Crippen molar-refractivity contribution in [2.75, 3.05) is 6.54 Å². The van der Waals surface area contributed by atoms with E-state index in [9.17, 15) is 23.3 Å². The molecular weight excluding hydrogens is 396 g/mol. The van der Waals surface area contributed by atoms with Crippen LogP contribution in [0.3, 0.4) is 0 Å². The molecule has 0 aliphatic carbocycles. The SMILES string of the molecule is Cc1ccc([N+](=O)[O-])cc1S(=O)(=O)NCCc1ccc(C(=O)OC(C)(C)C)cc1. The molecule has 0 aliphatic rings. The maximum absolute atomic E-state index is 12.5. The molecule has 0 bridgehead atoms. The predicted molar refractivity (Wildman–Crippen MR) is 108 cm³/mol.